The molecule has 1 saturated carbocycles. The number of ether oxygens (including phenoxy) is 1. The SMILES string of the molecule is CC(C)(C)c1ccc2c(c1)Oc1cccc3c1[n+]-2[c-]n3C1CCCCC1. The van der Waals surface area contributed by atoms with Gasteiger partial charge in [0.15, 0.2) is 0 Å². The van der Waals surface area contributed by atoms with Crippen molar-refractivity contribution in [1.29, 1.82) is 0 Å². The van der Waals surface area contributed by atoms with Crippen molar-refractivity contribution in [2.45, 2.75) is 64.3 Å². The average Bonchev–Trinajstić information content (AvgIpc) is 3.03. The summed E-state index contributed by atoms with van der Waals surface area (Å²) in [5.41, 5.74) is 4.87. The smallest absolute Gasteiger partial charge is 0.244 e. The molecular weight excluding hydrogens is 320 g/mol. The fourth-order valence-corrected chi connectivity index (χ4v) is 4.38. The number of nitrogens with zero attached hydrogens (tertiary/aromatic N) is 2. The van der Waals surface area contributed by atoms with Crippen LogP contribution in [0.15, 0.2) is 36.4 Å². The van der Waals surface area contributed by atoms with E-state index in [1.807, 2.05) is 0 Å². The molecule has 0 bridgehead atoms. The number of hydrogen-bond donors (Lipinski definition) is 0. The van der Waals surface area contributed by atoms with Crippen LogP contribution in [-0.4, -0.2) is 4.57 Å². The zero-order valence-corrected chi connectivity index (χ0v) is 15.9. The molecule has 3 heteroatoms. The largest absolute Gasteiger partial charge is 0.469 e. The molecule has 0 N–H and O–H groups in total. The number of para-hydroxylation sites is 1. The van der Waals surface area contributed by atoms with Crippen LogP contribution in [0.1, 0.15) is 64.5 Å². The first-order valence-electron chi connectivity index (χ1n) is 9.83. The highest BCUT2D eigenvalue weighted by Gasteiger charge is 2.27. The van der Waals surface area contributed by atoms with Crippen LogP contribution in [0.2, 0.25) is 0 Å². The summed E-state index contributed by atoms with van der Waals surface area (Å²) in [5, 5.41) is 0. The van der Waals surface area contributed by atoms with Gasteiger partial charge in [-0.25, -0.2) is 0 Å². The van der Waals surface area contributed by atoms with E-state index in [0.717, 1.165) is 22.7 Å². The maximum absolute atomic E-state index is 6.33. The van der Waals surface area contributed by atoms with Crippen LogP contribution in [0.25, 0.3) is 16.7 Å². The predicted octanol–water partition coefficient (Wildman–Crippen LogP) is 5.63. The van der Waals surface area contributed by atoms with Gasteiger partial charge in [0.1, 0.15) is 11.5 Å². The van der Waals surface area contributed by atoms with E-state index < -0.39 is 0 Å². The minimum absolute atomic E-state index is 0.104. The number of aromatic nitrogens is 2. The minimum atomic E-state index is 0.104. The normalized spacial score (nSPS) is 17.2. The van der Waals surface area contributed by atoms with Crippen molar-refractivity contribution in [3.63, 3.8) is 0 Å². The number of rotatable bonds is 1. The summed E-state index contributed by atoms with van der Waals surface area (Å²) >= 11 is 0. The van der Waals surface area contributed by atoms with E-state index in [0.29, 0.717) is 6.04 Å². The van der Waals surface area contributed by atoms with Crippen molar-refractivity contribution < 1.29 is 9.30 Å². The molecule has 1 aromatic heterocycles. The van der Waals surface area contributed by atoms with E-state index in [2.05, 4.69) is 72.6 Å². The average molecular weight is 346 g/mol. The Balaban J connectivity index is 1.70. The Morgan fingerprint density at radius 3 is 2.62 bits per heavy atom. The molecule has 0 amide bonds. The van der Waals surface area contributed by atoms with Gasteiger partial charge in [-0.1, -0.05) is 51.5 Å². The monoisotopic (exact) mass is 346 g/mol. The topological polar surface area (TPSA) is 18.0 Å². The van der Waals surface area contributed by atoms with Crippen molar-refractivity contribution in [2.24, 2.45) is 0 Å². The minimum Gasteiger partial charge on any atom is -0.469 e. The Labute approximate surface area is 155 Å². The van der Waals surface area contributed by atoms with Crippen LogP contribution >= 0.6 is 0 Å². The van der Waals surface area contributed by atoms with Crippen molar-refractivity contribution in [1.82, 2.24) is 4.57 Å². The summed E-state index contributed by atoms with van der Waals surface area (Å²) in [6, 6.07) is 13.5. The summed E-state index contributed by atoms with van der Waals surface area (Å²) in [4.78, 5) is 0. The molecule has 1 fully saturated rings. The van der Waals surface area contributed by atoms with Crippen molar-refractivity contribution in [2.75, 3.05) is 0 Å². The second-order valence-electron chi connectivity index (χ2n) is 8.76. The maximum atomic E-state index is 6.33. The highest BCUT2D eigenvalue weighted by atomic mass is 16.5. The van der Waals surface area contributed by atoms with Gasteiger partial charge in [0.2, 0.25) is 6.33 Å². The van der Waals surface area contributed by atoms with E-state index >= 15 is 0 Å². The van der Waals surface area contributed by atoms with Gasteiger partial charge in [-0.2, -0.15) is 0 Å². The zero-order chi connectivity index (χ0) is 17.9. The Morgan fingerprint density at radius 2 is 1.85 bits per heavy atom. The summed E-state index contributed by atoms with van der Waals surface area (Å²) in [6.45, 7) is 6.72. The second-order valence-corrected chi connectivity index (χ2v) is 8.76. The third-order valence-corrected chi connectivity index (χ3v) is 5.90. The Bertz CT molecular complexity index is 987. The molecule has 134 valence electrons. The first kappa shape index (κ1) is 15.9. The first-order chi connectivity index (χ1) is 12.5. The number of imidazole rings is 1. The quantitative estimate of drug-likeness (QED) is 0.323. The van der Waals surface area contributed by atoms with Crippen LogP contribution in [0, 0.1) is 6.33 Å². The molecule has 0 saturated heterocycles. The van der Waals surface area contributed by atoms with Gasteiger partial charge < -0.3 is 13.9 Å². The van der Waals surface area contributed by atoms with E-state index in [1.165, 1.54) is 43.2 Å². The van der Waals surface area contributed by atoms with Crippen LogP contribution in [-0.2, 0) is 5.41 Å². The molecule has 0 atom stereocenters. The lowest BCUT2D eigenvalue weighted by molar-refractivity contribution is -0.576. The van der Waals surface area contributed by atoms with Gasteiger partial charge in [0.25, 0.3) is 0 Å². The molecule has 26 heavy (non-hydrogen) atoms. The summed E-state index contributed by atoms with van der Waals surface area (Å²) in [6.07, 6.45) is 10.2. The molecule has 1 aliphatic carbocycles. The molecule has 0 spiro atoms. The van der Waals surface area contributed by atoms with Gasteiger partial charge in [-0.15, -0.1) is 0 Å². The van der Waals surface area contributed by atoms with Crippen molar-refractivity contribution in [3.8, 4) is 17.2 Å². The van der Waals surface area contributed by atoms with Crippen LogP contribution in [0.3, 0.4) is 0 Å². The maximum Gasteiger partial charge on any atom is 0.244 e. The molecule has 0 unspecified atom stereocenters. The Hall–Kier alpha value is -2.29. The lowest BCUT2D eigenvalue weighted by atomic mass is 9.87. The van der Waals surface area contributed by atoms with Gasteiger partial charge in [0, 0.05) is 0 Å². The molecule has 3 aromatic rings. The van der Waals surface area contributed by atoms with Crippen LogP contribution < -0.4 is 9.30 Å². The molecule has 2 heterocycles. The highest BCUT2D eigenvalue weighted by Crippen LogP contribution is 2.40. The lowest BCUT2D eigenvalue weighted by Crippen LogP contribution is -2.33. The molecule has 2 aliphatic rings. The van der Waals surface area contributed by atoms with E-state index in [4.69, 9.17) is 4.74 Å². The number of fused-ring (bicyclic) bond motifs is 2. The van der Waals surface area contributed by atoms with E-state index in [1.54, 1.807) is 0 Å². The van der Waals surface area contributed by atoms with Gasteiger partial charge >= 0.3 is 0 Å². The molecule has 5 rings (SSSR count). The van der Waals surface area contributed by atoms with Gasteiger partial charge in [-0.3, -0.25) is 0 Å². The van der Waals surface area contributed by atoms with Gasteiger partial charge in [-0.05, 0) is 48.8 Å². The van der Waals surface area contributed by atoms with Crippen molar-refractivity contribution in [3.05, 3.63) is 48.3 Å². The molecular formula is C23H26N2O. The lowest BCUT2D eigenvalue weighted by Gasteiger charge is -2.25. The van der Waals surface area contributed by atoms with E-state index in [9.17, 15) is 0 Å². The predicted molar refractivity (Wildman–Crippen MR) is 103 cm³/mol. The summed E-state index contributed by atoms with van der Waals surface area (Å²) < 4.78 is 10.9. The van der Waals surface area contributed by atoms with E-state index in [-0.39, 0.29) is 5.41 Å². The molecule has 1 aliphatic heterocycles. The number of benzene rings is 2. The highest BCUT2D eigenvalue weighted by molar-refractivity contribution is 5.81. The third-order valence-electron chi connectivity index (χ3n) is 5.90. The third kappa shape index (κ3) is 2.37. The molecule has 3 nitrogen and oxygen atoms in total. The fourth-order valence-electron chi connectivity index (χ4n) is 4.38. The fraction of sp³-hybridized carbons (Fsp3) is 0.435. The second kappa shape index (κ2) is 5.60. The Kier molecular flexibility index (Phi) is 3.43. The molecule has 2 aromatic carbocycles. The van der Waals surface area contributed by atoms with Gasteiger partial charge in [0.05, 0.1) is 22.8 Å². The first-order valence-corrected chi connectivity index (χ1v) is 9.83. The van der Waals surface area contributed by atoms with Crippen molar-refractivity contribution >= 4 is 11.0 Å². The Morgan fingerprint density at radius 1 is 1.04 bits per heavy atom. The summed E-state index contributed by atoms with van der Waals surface area (Å²) in [5.74, 6) is 1.87. The molecule has 0 radical (unpaired) electrons. The number of hydrogen-bond acceptors (Lipinski definition) is 1. The van der Waals surface area contributed by atoms with Crippen LogP contribution in [0.4, 0.5) is 0 Å². The van der Waals surface area contributed by atoms with Crippen LogP contribution in [0.5, 0.6) is 11.5 Å². The summed E-state index contributed by atoms with van der Waals surface area (Å²) in [7, 11) is 0. The zero-order valence-electron chi connectivity index (χ0n) is 15.9. The standard InChI is InChI=1S/C23H26N2O/c1-23(2,3)16-12-13-18-21(14-16)26-20-11-7-10-19-22(20)25(18)15-24(19)17-8-5-4-6-9-17/h7,10-14,17H,4-6,8-9H2,1-3H3.